The second kappa shape index (κ2) is 10.0. The molecule has 0 radical (unpaired) electrons. The molecule has 0 N–H and O–H groups in total. The van der Waals surface area contributed by atoms with Crippen LogP contribution >= 0.6 is 0 Å². The van der Waals surface area contributed by atoms with Gasteiger partial charge in [-0.15, -0.1) is 13.2 Å². The van der Waals surface area contributed by atoms with E-state index in [1.165, 1.54) is 60.8 Å². The van der Waals surface area contributed by atoms with Gasteiger partial charge in [0, 0.05) is 49.6 Å². The summed E-state index contributed by atoms with van der Waals surface area (Å²) in [5.74, 6) is 0. The quantitative estimate of drug-likeness (QED) is 0.179. The molecule has 0 fully saturated rings. The molecule has 3 heterocycles. The third kappa shape index (κ3) is 3.90. The molecule has 0 saturated carbocycles. The van der Waals surface area contributed by atoms with Gasteiger partial charge in [-0.3, -0.25) is 0 Å². The van der Waals surface area contributed by atoms with Crippen molar-refractivity contribution in [1.82, 2.24) is 9.13 Å². The van der Waals surface area contributed by atoms with Gasteiger partial charge in [-0.1, -0.05) is 66.3 Å². The third-order valence-corrected chi connectivity index (χ3v) is 9.52. The van der Waals surface area contributed by atoms with Crippen LogP contribution in [0.5, 0.6) is 0 Å². The molecule has 0 aliphatic heterocycles. The first kappa shape index (κ1) is 25.9. The highest BCUT2D eigenvalue weighted by Gasteiger charge is 2.22. The summed E-state index contributed by atoms with van der Waals surface area (Å²) < 4.78 is 11.3. The zero-order valence-corrected chi connectivity index (χ0v) is 25.1. The van der Waals surface area contributed by atoms with E-state index in [-0.39, 0.29) is 0 Å². The molecule has 3 nitrogen and oxygen atoms in total. The fraction of sp³-hybridized carbons (Fsp3) is 0.0952. The van der Waals surface area contributed by atoms with Crippen LogP contribution in [-0.4, -0.2) is 9.13 Å². The SMILES string of the molecule is C=CCC1=Cc2c(n(-c3ccc4oc5ccc(-n6c7ccccc7c7cc(CC=C)ccc76)cc5c4c3)c3ccccc23)CC1. The number of hydrogen-bond acceptors (Lipinski definition) is 1. The Labute approximate surface area is 261 Å². The van der Waals surface area contributed by atoms with E-state index in [2.05, 4.69) is 131 Å². The fourth-order valence-corrected chi connectivity index (χ4v) is 7.55. The highest BCUT2D eigenvalue weighted by molar-refractivity contribution is 6.11. The molecule has 9 rings (SSSR count). The molecule has 3 aromatic heterocycles. The molecule has 45 heavy (non-hydrogen) atoms. The van der Waals surface area contributed by atoms with Gasteiger partial charge in [0.2, 0.25) is 0 Å². The average molecular weight is 581 g/mol. The number of para-hydroxylation sites is 2. The highest BCUT2D eigenvalue weighted by Crippen LogP contribution is 2.39. The van der Waals surface area contributed by atoms with Gasteiger partial charge < -0.3 is 13.6 Å². The standard InChI is InChI=1S/C42H32N2O/c1-3-9-27-15-19-39-33(23-27)31-11-5-7-13-37(31)43(39)29-17-21-41-35(25-29)36-26-30(18-22-42(36)45-41)44-38-14-8-6-12-32(38)34-24-28(10-4-2)16-20-40(34)44/h3-8,11-15,17-19,21-26H,1-2,9-10,16,20H2. The van der Waals surface area contributed by atoms with Gasteiger partial charge in [0.1, 0.15) is 11.2 Å². The first-order valence-electron chi connectivity index (χ1n) is 15.7. The molecule has 0 atom stereocenters. The van der Waals surface area contributed by atoms with Gasteiger partial charge in [-0.25, -0.2) is 0 Å². The maximum absolute atomic E-state index is 6.41. The number of aromatic nitrogens is 2. The third-order valence-electron chi connectivity index (χ3n) is 9.52. The van der Waals surface area contributed by atoms with Crippen molar-refractivity contribution in [3.05, 3.63) is 151 Å². The van der Waals surface area contributed by atoms with Crippen LogP contribution in [-0.2, 0) is 12.8 Å². The van der Waals surface area contributed by atoms with Crippen molar-refractivity contribution in [2.24, 2.45) is 0 Å². The number of nitrogens with zero attached hydrogens (tertiary/aromatic N) is 2. The summed E-state index contributed by atoms with van der Waals surface area (Å²) in [5, 5.41) is 6.07. The lowest BCUT2D eigenvalue weighted by Crippen LogP contribution is -2.05. The molecule has 1 aliphatic carbocycles. The lowest BCUT2D eigenvalue weighted by molar-refractivity contribution is 0.668. The number of hydrogen-bond donors (Lipinski definition) is 0. The summed E-state index contributed by atoms with van der Waals surface area (Å²) in [5.41, 5.74) is 13.2. The van der Waals surface area contributed by atoms with Crippen LogP contribution in [0.15, 0.2) is 138 Å². The van der Waals surface area contributed by atoms with E-state index in [0.717, 1.165) is 53.3 Å². The summed E-state index contributed by atoms with van der Waals surface area (Å²) in [6.45, 7) is 7.92. The molecule has 8 aromatic rings. The lowest BCUT2D eigenvalue weighted by atomic mass is 9.94. The van der Waals surface area contributed by atoms with Gasteiger partial charge >= 0.3 is 0 Å². The topological polar surface area (TPSA) is 23.0 Å². The first-order valence-corrected chi connectivity index (χ1v) is 15.7. The van der Waals surface area contributed by atoms with Crippen molar-refractivity contribution < 1.29 is 4.42 Å². The number of benzene rings is 5. The predicted octanol–water partition coefficient (Wildman–Crippen LogP) is 11.3. The van der Waals surface area contributed by atoms with E-state index in [1.54, 1.807) is 0 Å². The van der Waals surface area contributed by atoms with Gasteiger partial charge in [0.25, 0.3) is 0 Å². The maximum Gasteiger partial charge on any atom is 0.135 e. The molecule has 0 bridgehead atoms. The lowest BCUT2D eigenvalue weighted by Gasteiger charge is -2.17. The Morgan fingerprint density at radius 2 is 1.22 bits per heavy atom. The summed E-state index contributed by atoms with van der Waals surface area (Å²) in [4.78, 5) is 0. The Morgan fingerprint density at radius 1 is 0.578 bits per heavy atom. The van der Waals surface area contributed by atoms with Crippen LogP contribution in [0.4, 0.5) is 0 Å². The van der Waals surface area contributed by atoms with Crippen molar-refractivity contribution in [3.63, 3.8) is 0 Å². The molecular weight excluding hydrogens is 548 g/mol. The van der Waals surface area contributed by atoms with Crippen molar-refractivity contribution in [3.8, 4) is 11.4 Å². The van der Waals surface area contributed by atoms with Crippen molar-refractivity contribution in [2.45, 2.75) is 25.7 Å². The van der Waals surface area contributed by atoms with Crippen LogP contribution < -0.4 is 0 Å². The largest absolute Gasteiger partial charge is 0.456 e. The first-order chi connectivity index (χ1) is 22.2. The van der Waals surface area contributed by atoms with Crippen LogP contribution in [0.2, 0.25) is 0 Å². The molecule has 1 aliphatic rings. The Bertz CT molecular complexity index is 2530. The predicted molar refractivity (Wildman–Crippen MR) is 190 cm³/mol. The Hall–Kier alpha value is -5.54. The molecule has 216 valence electrons. The minimum absolute atomic E-state index is 0.858. The second-order valence-electron chi connectivity index (χ2n) is 12.2. The monoisotopic (exact) mass is 580 g/mol. The number of allylic oxidation sites excluding steroid dienone is 3. The van der Waals surface area contributed by atoms with E-state index >= 15 is 0 Å². The smallest absolute Gasteiger partial charge is 0.135 e. The molecule has 5 aromatic carbocycles. The van der Waals surface area contributed by atoms with E-state index < -0.39 is 0 Å². The number of furan rings is 1. The normalized spacial score (nSPS) is 13.2. The van der Waals surface area contributed by atoms with Crippen molar-refractivity contribution >= 4 is 60.7 Å². The fourth-order valence-electron chi connectivity index (χ4n) is 7.55. The van der Waals surface area contributed by atoms with Gasteiger partial charge in [0.05, 0.1) is 16.6 Å². The minimum atomic E-state index is 0.858. The molecular formula is C42H32N2O. The molecule has 0 amide bonds. The number of rotatable bonds is 6. The zero-order chi connectivity index (χ0) is 30.1. The van der Waals surface area contributed by atoms with Gasteiger partial charge in [0.15, 0.2) is 0 Å². The van der Waals surface area contributed by atoms with E-state index in [1.807, 2.05) is 12.2 Å². The van der Waals surface area contributed by atoms with Crippen LogP contribution in [0.3, 0.4) is 0 Å². The maximum atomic E-state index is 6.41. The van der Waals surface area contributed by atoms with E-state index in [0.29, 0.717) is 0 Å². The van der Waals surface area contributed by atoms with Crippen LogP contribution in [0.1, 0.15) is 29.7 Å². The summed E-state index contributed by atoms with van der Waals surface area (Å²) in [7, 11) is 0. The second-order valence-corrected chi connectivity index (χ2v) is 12.2. The molecule has 3 heteroatoms. The van der Waals surface area contributed by atoms with Crippen LogP contribution in [0.25, 0.3) is 72.1 Å². The van der Waals surface area contributed by atoms with Crippen molar-refractivity contribution in [2.75, 3.05) is 0 Å². The number of fused-ring (bicyclic) bond motifs is 9. The van der Waals surface area contributed by atoms with Gasteiger partial charge in [-0.2, -0.15) is 0 Å². The molecule has 0 unspecified atom stereocenters. The van der Waals surface area contributed by atoms with E-state index in [4.69, 9.17) is 4.42 Å². The molecule has 0 spiro atoms. The average Bonchev–Trinajstić information content (AvgIpc) is 3.72. The zero-order valence-electron chi connectivity index (χ0n) is 25.1. The highest BCUT2D eigenvalue weighted by atomic mass is 16.3. The Morgan fingerprint density at radius 3 is 1.96 bits per heavy atom. The summed E-state index contributed by atoms with van der Waals surface area (Å²) in [6, 6.07) is 37.5. The Balaban J connectivity index is 1.25. The molecule has 0 saturated heterocycles. The Kier molecular flexibility index (Phi) is 5.76. The van der Waals surface area contributed by atoms with E-state index in [9.17, 15) is 0 Å². The summed E-state index contributed by atoms with van der Waals surface area (Å²) in [6.07, 6.45) is 10.2. The minimum Gasteiger partial charge on any atom is -0.456 e. The van der Waals surface area contributed by atoms with Crippen molar-refractivity contribution in [1.29, 1.82) is 0 Å². The van der Waals surface area contributed by atoms with Crippen LogP contribution in [0, 0.1) is 0 Å². The van der Waals surface area contributed by atoms with Gasteiger partial charge in [-0.05, 0) is 91.9 Å². The summed E-state index contributed by atoms with van der Waals surface area (Å²) >= 11 is 0.